The number of nitrogens with one attached hydrogen (secondary N) is 1. The molecule has 29 heavy (non-hydrogen) atoms. The molecule has 1 saturated heterocycles. The predicted octanol–water partition coefficient (Wildman–Crippen LogP) is 2.48. The van der Waals surface area contributed by atoms with Gasteiger partial charge in [-0.1, -0.05) is 13.0 Å². The van der Waals surface area contributed by atoms with Gasteiger partial charge in [-0.15, -0.1) is 0 Å². The topological polar surface area (TPSA) is 79.0 Å². The number of ether oxygens (including phenoxy) is 1. The van der Waals surface area contributed by atoms with E-state index in [4.69, 9.17) is 4.74 Å². The Morgan fingerprint density at radius 1 is 1.34 bits per heavy atom. The molecule has 0 aromatic heterocycles. The fourth-order valence-electron chi connectivity index (χ4n) is 3.74. The normalized spacial score (nSPS) is 17.7. The zero-order valence-electron chi connectivity index (χ0n) is 17.9. The number of amides is 1. The first-order valence-electron chi connectivity index (χ1n) is 10.4. The Morgan fingerprint density at radius 3 is 2.83 bits per heavy atom. The number of carbonyl (C=O) groups excluding carboxylic acids is 1. The minimum absolute atomic E-state index is 0.0314. The summed E-state index contributed by atoms with van der Waals surface area (Å²) in [6.07, 6.45) is 5.45. The monoisotopic (exact) mass is 425 g/mol. The molecular formula is C21H35N3O4S. The lowest BCUT2D eigenvalue weighted by Gasteiger charge is -2.30. The van der Waals surface area contributed by atoms with Gasteiger partial charge >= 0.3 is 0 Å². The minimum atomic E-state index is -3.44. The van der Waals surface area contributed by atoms with E-state index in [2.05, 4.69) is 17.1 Å². The number of rotatable bonds is 11. The number of carbonyl (C=O) groups is 1. The number of anilines is 1. The Kier molecular flexibility index (Phi) is 9.23. The molecular weight excluding hydrogens is 390 g/mol. The number of methoxy groups -OCH3 is 1. The molecule has 1 N–H and O–H groups in total. The number of piperidine rings is 1. The molecule has 1 heterocycles. The van der Waals surface area contributed by atoms with Crippen molar-refractivity contribution in [1.29, 1.82) is 0 Å². The van der Waals surface area contributed by atoms with E-state index in [0.717, 1.165) is 32.0 Å². The quantitative estimate of drug-likeness (QED) is 0.551. The van der Waals surface area contributed by atoms with Crippen molar-refractivity contribution in [1.82, 2.24) is 10.2 Å². The van der Waals surface area contributed by atoms with Crippen LogP contribution in [0, 0.1) is 5.92 Å². The van der Waals surface area contributed by atoms with Gasteiger partial charge in [0.2, 0.25) is 15.9 Å². The molecule has 1 amide bonds. The molecule has 2 rings (SSSR count). The third kappa shape index (κ3) is 8.22. The predicted molar refractivity (Wildman–Crippen MR) is 117 cm³/mol. The Morgan fingerprint density at radius 2 is 2.14 bits per heavy atom. The van der Waals surface area contributed by atoms with E-state index in [0.29, 0.717) is 30.8 Å². The smallest absolute Gasteiger partial charge is 0.232 e. The van der Waals surface area contributed by atoms with Gasteiger partial charge in [-0.05, 0) is 56.8 Å². The fourth-order valence-corrected chi connectivity index (χ4v) is 4.70. The molecule has 1 aromatic rings. The van der Waals surface area contributed by atoms with E-state index < -0.39 is 10.0 Å². The van der Waals surface area contributed by atoms with Gasteiger partial charge < -0.3 is 15.0 Å². The Labute approximate surface area is 175 Å². The van der Waals surface area contributed by atoms with Gasteiger partial charge in [0, 0.05) is 32.1 Å². The number of benzene rings is 1. The highest BCUT2D eigenvalue weighted by Gasteiger charge is 2.18. The van der Waals surface area contributed by atoms with Gasteiger partial charge in [0.15, 0.2) is 0 Å². The number of likely N-dealkylation sites (tertiary alicyclic amines) is 1. The standard InChI is InChI=1S/C21H35N3O4S/c1-18-8-5-13-23(17-18)14-7-12-22-21(25)11-6-15-24(29(3,26)27)19-9-4-10-20(16-19)28-2/h4,9-10,16,18H,5-8,11-15,17H2,1-3H3,(H,22,25)/t18-/m1/s1. The average Bonchev–Trinajstić information content (AvgIpc) is 2.68. The Hall–Kier alpha value is -1.80. The van der Waals surface area contributed by atoms with Crippen LogP contribution in [-0.2, 0) is 14.8 Å². The highest BCUT2D eigenvalue weighted by atomic mass is 32.2. The molecule has 0 radical (unpaired) electrons. The summed E-state index contributed by atoms with van der Waals surface area (Å²) in [6, 6.07) is 6.93. The van der Waals surface area contributed by atoms with Gasteiger partial charge in [-0.25, -0.2) is 8.42 Å². The van der Waals surface area contributed by atoms with E-state index in [-0.39, 0.29) is 12.5 Å². The van der Waals surface area contributed by atoms with Gasteiger partial charge in [0.1, 0.15) is 5.75 Å². The Balaban J connectivity index is 1.72. The third-order valence-corrected chi connectivity index (χ3v) is 6.42. The first-order valence-corrected chi connectivity index (χ1v) is 12.2. The maximum absolute atomic E-state index is 12.2. The molecule has 8 heteroatoms. The third-order valence-electron chi connectivity index (χ3n) is 5.22. The summed E-state index contributed by atoms with van der Waals surface area (Å²) < 4.78 is 30.8. The van der Waals surface area contributed by atoms with Gasteiger partial charge in [0.25, 0.3) is 0 Å². The Bertz CT molecular complexity index is 754. The van der Waals surface area contributed by atoms with Crippen LogP contribution < -0.4 is 14.4 Å². The molecule has 7 nitrogen and oxygen atoms in total. The molecule has 1 aliphatic rings. The number of nitrogens with zero attached hydrogens (tertiary/aromatic N) is 2. The van der Waals surface area contributed by atoms with Crippen molar-refractivity contribution in [2.75, 3.05) is 50.4 Å². The zero-order chi connectivity index (χ0) is 21.3. The summed E-state index contributed by atoms with van der Waals surface area (Å²) in [5.41, 5.74) is 0.544. The number of hydrogen-bond donors (Lipinski definition) is 1. The summed E-state index contributed by atoms with van der Waals surface area (Å²) >= 11 is 0. The van der Waals surface area contributed by atoms with E-state index in [1.807, 2.05) is 0 Å². The maximum atomic E-state index is 12.2. The van der Waals surface area contributed by atoms with Crippen LogP contribution in [0.25, 0.3) is 0 Å². The van der Waals surface area contributed by atoms with E-state index >= 15 is 0 Å². The molecule has 1 atom stereocenters. The first-order chi connectivity index (χ1) is 13.8. The van der Waals surface area contributed by atoms with Crippen molar-refractivity contribution in [3.05, 3.63) is 24.3 Å². The van der Waals surface area contributed by atoms with Crippen LogP contribution in [-0.4, -0.2) is 65.3 Å². The summed E-state index contributed by atoms with van der Waals surface area (Å²) in [5.74, 6) is 1.33. The second-order valence-corrected chi connectivity index (χ2v) is 9.80. The van der Waals surface area contributed by atoms with E-state index in [9.17, 15) is 13.2 Å². The van der Waals surface area contributed by atoms with Crippen molar-refractivity contribution < 1.29 is 17.9 Å². The van der Waals surface area contributed by atoms with Gasteiger partial charge in [0.05, 0.1) is 19.1 Å². The molecule has 1 fully saturated rings. The summed E-state index contributed by atoms with van der Waals surface area (Å²) in [5, 5.41) is 2.95. The number of sulfonamides is 1. The summed E-state index contributed by atoms with van der Waals surface area (Å²) in [6.45, 7) is 6.53. The summed E-state index contributed by atoms with van der Waals surface area (Å²) in [4.78, 5) is 14.6. The minimum Gasteiger partial charge on any atom is -0.497 e. The molecule has 164 valence electrons. The molecule has 0 unspecified atom stereocenters. The van der Waals surface area contributed by atoms with Crippen LogP contribution in [0.5, 0.6) is 5.75 Å². The molecule has 1 aromatic carbocycles. The molecule has 0 spiro atoms. The van der Waals surface area contributed by atoms with Crippen molar-refractivity contribution >= 4 is 21.6 Å². The lowest BCUT2D eigenvalue weighted by molar-refractivity contribution is -0.121. The van der Waals surface area contributed by atoms with Crippen LogP contribution in [0.4, 0.5) is 5.69 Å². The van der Waals surface area contributed by atoms with Gasteiger partial charge in [-0.2, -0.15) is 0 Å². The second kappa shape index (κ2) is 11.4. The molecule has 0 bridgehead atoms. The van der Waals surface area contributed by atoms with Crippen molar-refractivity contribution in [2.24, 2.45) is 5.92 Å². The van der Waals surface area contributed by atoms with Crippen molar-refractivity contribution in [2.45, 2.75) is 39.0 Å². The lowest BCUT2D eigenvalue weighted by Crippen LogP contribution is -2.36. The zero-order valence-corrected chi connectivity index (χ0v) is 18.7. The van der Waals surface area contributed by atoms with Crippen LogP contribution in [0.1, 0.15) is 39.0 Å². The van der Waals surface area contributed by atoms with Crippen LogP contribution in [0.2, 0.25) is 0 Å². The fraction of sp³-hybridized carbons (Fsp3) is 0.667. The second-order valence-electron chi connectivity index (χ2n) is 7.89. The largest absolute Gasteiger partial charge is 0.497 e. The van der Waals surface area contributed by atoms with Crippen LogP contribution >= 0.6 is 0 Å². The summed E-state index contributed by atoms with van der Waals surface area (Å²) in [7, 11) is -1.90. The molecule has 0 aliphatic carbocycles. The van der Waals surface area contributed by atoms with Crippen molar-refractivity contribution in [3.8, 4) is 5.75 Å². The lowest BCUT2D eigenvalue weighted by atomic mass is 10.0. The average molecular weight is 426 g/mol. The molecule has 0 saturated carbocycles. The van der Waals surface area contributed by atoms with Crippen LogP contribution in [0.15, 0.2) is 24.3 Å². The highest BCUT2D eigenvalue weighted by Crippen LogP contribution is 2.23. The highest BCUT2D eigenvalue weighted by molar-refractivity contribution is 7.92. The first kappa shape index (κ1) is 23.5. The SMILES string of the molecule is COc1cccc(N(CCCC(=O)NCCCN2CCC[C@@H](C)C2)S(C)(=O)=O)c1. The number of hydrogen-bond acceptors (Lipinski definition) is 5. The van der Waals surface area contributed by atoms with Gasteiger partial charge in [-0.3, -0.25) is 9.10 Å². The maximum Gasteiger partial charge on any atom is 0.232 e. The molecule has 1 aliphatic heterocycles. The van der Waals surface area contributed by atoms with Crippen LogP contribution in [0.3, 0.4) is 0 Å². The van der Waals surface area contributed by atoms with Crippen molar-refractivity contribution in [3.63, 3.8) is 0 Å². The van der Waals surface area contributed by atoms with E-state index in [1.54, 1.807) is 31.4 Å². The van der Waals surface area contributed by atoms with E-state index in [1.165, 1.54) is 23.4 Å².